The summed E-state index contributed by atoms with van der Waals surface area (Å²) in [7, 11) is 0. The van der Waals surface area contributed by atoms with Crippen LogP contribution in [0.1, 0.15) is 30.8 Å². The first-order chi connectivity index (χ1) is 9.13. The maximum atomic E-state index is 5.85. The van der Waals surface area contributed by atoms with Crippen LogP contribution in [0.2, 0.25) is 5.15 Å². The van der Waals surface area contributed by atoms with E-state index in [0.717, 1.165) is 27.6 Å². The van der Waals surface area contributed by atoms with Crippen molar-refractivity contribution in [2.75, 3.05) is 5.32 Å². The first-order valence-corrected chi connectivity index (χ1v) is 7.44. The number of halogens is 2. The van der Waals surface area contributed by atoms with E-state index in [9.17, 15) is 0 Å². The molecule has 1 N–H and O–H groups in total. The molecule has 2 aromatic heterocycles. The van der Waals surface area contributed by atoms with Gasteiger partial charge in [-0.3, -0.25) is 0 Å². The van der Waals surface area contributed by atoms with E-state index in [1.807, 2.05) is 12.1 Å². The molecule has 3 nitrogen and oxygen atoms in total. The summed E-state index contributed by atoms with van der Waals surface area (Å²) in [4.78, 5) is 4.07. The standard InChI is InChI=1S/C14H14BrClN2O/c1-8-4-11(8)13-3-2-10(19-13)7-17-9-5-12(15)14(16)18-6-9/h2-3,5-6,8,11,17H,4,7H2,1H3. The summed E-state index contributed by atoms with van der Waals surface area (Å²) in [5.74, 6) is 3.45. The Morgan fingerprint density at radius 3 is 3.00 bits per heavy atom. The molecule has 1 aliphatic carbocycles. The lowest BCUT2D eigenvalue weighted by molar-refractivity contribution is 0.468. The quantitative estimate of drug-likeness (QED) is 0.810. The summed E-state index contributed by atoms with van der Waals surface area (Å²) in [6, 6.07) is 6.02. The van der Waals surface area contributed by atoms with Gasteiger partial charge in [-0.1, -0.05) is 18.5 Å². The zero-order valence-electron chi connectivity index (χ0n) is 10.5. The van der Waals surface area contributed by atoms with Crippen molar-refractivity contribution in [3.05, 3.63) is 45.5 Å². The summed E-state index contributed by atoms with van der Waals surface area (Å²) < 4.78 is 6.62. The molecule has 100 valence electrons. The van der Waals surface area contributed by atoms with Crippen LogP contribution in [0, 0.1) is 5.92 Å². The van der Waals surface area contributed by atoms with Gasteiger partial charge >= 0.3 is 0 Å². The molecule has 1 fully saturated rings. The number of aromatic nitrogens is 1. The topological polar surface area (TPSA) is 38.1 Å². The Bertz CT molecular complexity index is 599. The molecule has 1 aliphatic rings. The maximum absolute atomic E-state index is 5.85. The number of hydrogen-bond acceptors (Lipinski definition) is 3. The maximum Gasteiger partial charge on any atom is 0.143 e. The zero-order chi connectivity index (χ0) is 13.4. The van der Waals surface area contributed by atoms with Crippen LogP contribution in [0.3, 0.4) is 0 Å². The Hall–Kier alpha value is -1.00. The highest BCUT2D eigenvalue weighted by Crippen LogP contribution is 2.47. The van der Waals surface area contributed by atoms with E-state index in [1.54, 1.807) is 6.20 Å². The predicted octanol–water partition coefficient (Wildman–Crippen LogP) is 4.83. The molecule has 0 bridgehead atoms. The highest BCUT2D eigenvalue weighted by atomic mass is 79.9. The van der Waals surface area contributed by atoms with Crippen molar-refractivity contribution in [3.8, 4) is 0 Å². The summed E-state index contributed by atoms with van der Waals surface area (Å²) in [5, 5.41) is 3.73. The van der Waals surface area contributed by atoms with Gasteiger partial charge in [0.15, 0.2) is 0 Å². The van der Waals surface area contributed by atoms with E-state index in [2.05, 4.69) is 39.2 Å². The summed E-state index contributed by atoms with van der Waals surface area (Å²) in [6.45, 7) is 2.90. The molecular weight excluding hydrogens is 328 g/mol. The lowest BCUT2D eigenvalue weighted by atomic mass is 10.3. The van der Waals surface area contributed by atoms with E-state index in [-0.39, 0.29) is 0 Å². The van der Waals surface area contributed by atoms with Crippen LogP contribution in [-0.4, -0.2) is 4.98 Å². The van der Waals surface area contributed by atoms with Gasteiger partial charge in [-0.25, -0.2) is 4.98 Å². The third-order valence-electron chi connectivity index (χ3n) is 3.42. The number of hydrogen-bond donors (Lipinski definition) is 1. The van der Waals surface area contributed by atoms with Gasteiger partial charge in [-0.05, 0) is 46.5 Å². The van der Waals surface area contributed by atoms with Crippen molar-refractivity contribution >= 4 is 33.2 Å². The number of furan rings is 1. The fourth-order valence-electron chi connectivity index (χ4n) is 2.11. The van der Waals surface area contributed by atoms with Crippen molar-refractivity contribution in [2.45, 2.75) is 25.8 Å². The molecule has 2 atom stereocenters. The van der Waals surface area contributed by atoms with Crippen LogP contribution >= 0.6 is 27.5 Å². The molecule has 2 aromatic rings. The summed E-state index contributed by atoms with van der Waals surface area (Å²) >= 11 is 9.20. The Labute approximate surface area is 125 Å². The monoisotopic (exact) mass is 340 g/mol. The fraction of sp³-hybridized carbons (Fsp3) is 0.357. The number of anilines is 1. The lowest BCUT2D eigenvalue weighted by Crippen LogP contribution is -1.98. The van der Waals surface area contributed by atoms with E-state index in [1.165, 1.54) is 6.42 Å². The van der Waals surface area contributed by atoms with Crippen molar-refractivity contribution in [2.24, 2.45) is 5.92 Å². The number of rotatable bonds is 4. The molecule has 2 heterocycles. The Kier molecular flexibility index (Phi) is 3.54. The largest absolute Gasteiger partial charge is 0.464 e. The van der Waals surface area contributed by atoms with Gasteiger partial charge in [0.25, 0.3) is 0 Å². The molecule has 3 rings (SSSR count). The van der Waals surface area contributed by atoms with Crippen LogP contribution in [0.25, 0.3) is 0 Å². The van der Waals surface area contributed by atoms with Gasteiger partial charge in [0.05, 0.1) is 22.9 Å². The van der Waals surface area contributed by atoms with Crippen LogP contribution < -0.4 is 5.32 Å². The molecule has 0 saturated heterocycles. The van der Waals surface area contributed by atoms with Crippen molar-refractivity contribution in [1.29, 1.82) is 0 Å². The van der Waals surface area contributed by atoms with Crippen molar-refractivity contribution in [1.82, 2.24) is 4.98 Å². The third kappa shape index (κ3) is 2.95. The minimum atomic E-state index is 0.466. The van der Waals surface area contributed by atoms with Gasteiger partial charge in [0.1, 0.15) is 16.7 Å². The second-order valence-corrected chi connectivity index (χ2v) is 6.19. The van der Waals surface area contributed by atoms with Crippen molar-refractivity contribution < 1.29 is 4.42 Å². The van der Waals surface area contributed by atoms with Crippen molar-refractivity contribution in [3.63, 3.8) is 0 Å². The second kappa shape index (κ2) is 5.17. The molecule has 0 spiro atoms. The van der Waals surface area contributed by atoms with E-state index < -0.39 is 0 Å². The molecule has 5 heteroatoms. The molecule has 2 unspecified atom stereocenters. The first kappa shape index (κ1) is 13.0. The fourth-order valence-corrected chi connectivity index (χ4v) is 2.57. The van der Waals surface area contributed by atoms with Gasteiger partial charge in [0, 0.05) is 5.92 Å². The molecule has 0 aromatic carbocycles. The second-order valence-electron chi connectivity index (χ2n) is 4.97. The Morgan fingerprint density at radius 1 is 1.53 bits per heavy atom. The highest BCUT2D eigenvalue weighted by Gasteiger charge is 2.36. The average molecular weight is 342 g/mol. The number of nitrogens with zero attached hydrogens (tertiary/aromatic N) is 1. The molecule has 0 radical (unpaired) electrons. The van der Waals surface area contributed by atoms with Crippen LogP contribution in [0.15, 0.2) is 33.3 Å². The Balaban J connectivity index is 1.62. The van der Waals surface area contributed by atoms with Gasteiger partial charge in [0.2, 0.25) is 0 Å². The minimum Gasteiger partial charge on any atom is -0.464 e. The molecular formula is C14H14BrClN2O. The van der Waals surface area contributed by atoms with Crippen LogP contribution in [-0.2, 0) is 6.54 Å². The zero-order valence-corrected chi connectivity index (χ0v) is 12.8. The average Bonchev–Trinajstić information content (AvgIpc) is 2.94. The SMILES string of the molecule is CC1CC1c1ccc(CNc2cnc(Cl)c(Br)c2)o1. The smallest absolute Gasteiger partial charge is 0.143 e. The minimum absolute atomic E-state index is 0.466. The van der Waals surface area contributed by atoms with Gasteiger partial charge in [-0.15, -0.1) is 0 Å². The lowest BCUT2D eigenvalue weighted by Gasteiger charge is -2.05. The van der Waals surface area contributed by atoms with E-state index in [4.69, 9.17) is 16.0 Å². The highest BCUT2D eigenvalue weighted by molar-refractivity contribution is 9.10. The molecule has 1 saturated carbocycles. The normalized spacial score (nSPS) is 21.4. The first-order valence-electron chi connectivity index (χ1n) is 6.27. The number of pyridine rings is 1. The third-order valence-corrected chi connectivity index (χ3v) is 4.55. The van der Waals surface area contributed by atoms with E-state index in [0.29, 0.717) is 17.6 Å². The summed E-state index contributed by atoms with van der Waals surface area (Å²) in [5.41, 5.74) is 0.911. The Morgan fingerprint density at radius 2 is 2.32 bits per heavy atom. The van der Waals surface area contributed by atoms with Gasteiger partial charge in [-0.2, -0.15) is 0 Å². The summed E-state index contributed by atoms with van der Waals surface area (Å²) in [6.07, 6.45) is 2.95. The van der Waals surface area contributed by atoms with Gasteiger partial charge < -0.3 is 9.73 Å². The predicted molar refractivity (Wildman–Crippen MR) is 79.5 cm³/mol. The number of nitrogens with one attached hydrogen (secondary N) is 1. The van der Waals surface area contributed by atoms with E-state index >= 15 is 0 Å². The van der Waals surface area contributed by atoms with Crippen LogP contribution in [0.5, 0.6) is 0 Å². The molecule has 0 amide bonds. The molecule has 19 heavy (non-hydrogen) atoms. The molecule has 0 aliphatic heterocycles. The van der Waals surface area contributed by atoms with Crippen LogP contribution in [0.4, 0.5) is 5.69 Å².